The van der Waals surface area contributed by atoms with Gasteiger partial charge in [-0.2, -0.15) is 0 Å². The number of carbonyl (C=O) groups is 4. The lowest BCUT2D eigenvalue weighted by Crippen LogP contribution is -2.33. The van der Waals surface area contributed by atoms with Crippen molar-refractivity contribution < 1.29 is 33.4 Å². The summed E-state index contributed by atoms with van der Waals surface area (Å²) in [6.45, 7) is 3.97. The van der Waals surface area contributed by atoms with E-state index in [0.717, 1.165) is 0 Å². The van der Waals surface area contributed by atoms with Gasteiger partial charge in [0.1, 0.15) is 13.2 Å². The lowest BCUT2D eigenvalue weighted by atomic mass is 10.1. The molecule has 2 amide bonds. The molecule has 9 nitrogen and oxygen atoms in total. The molecule has 1 N–H and O–H groups in total. The SMILES string of the molecule is CC(=O)c1ccc(NC(=O)[C@@H](C)OC(=O)[C@H]2CC(=O)N(c3ccc4c(c3)OCCO4)C2)cc1. The Morgan fingerprint density at radius 2 is 1.76 bits per heavy atom. The lowest BCUT2D eigenvalue weighted by molar-refractivity contribution is -0.157. The number of ether oxygens (including phenoxy) is 3. The summed E-state index contributed by atoms with van der Waals surface area (Å²) in [7, 11) is 0. The number of nitrogens with one attached hydrogen (secondary N) is 1. The summed E-state index contributed by atoms with van der Waals surface area (Å²) < 4.78 is 16.4. The van der Waals surface area contributed by atoms with Crippen LogP contribution in [-0.4, -0.2) is 49.4 Å². The summed E-state index contributed by atoms with van der Waals surface area (Å²) in [5.41, 5.74) is 1.62. The summed E-state index contributed by atoms with van der Waals surface area (Å²) >= 11 is 0. The topological polar surface area (TPSA) is 111 Å². The third-order valence-electron chi connectivity index (χ3n) is 5.52. The summed E-state index contributed by atoms with van der Waals surface area (Å²) in [6.07, 6.45) is -1.06. The summed E-state index contributed by atoms with van der Waals surface area (Å²) in [4.78, 5) is 50.4. The number of hydrogen-bond acceptors (Lipinski definition) is 7. The monoisotopic (exact) mass is 452 g/mol. The molecule has 172 valence electrons. The quantitative estimate of drug-likeness (QED) is 0.530. The molecule has 2 aromatic carbocycles. The average molecular weight is 452 g/mol. The molecule has 0 unspecified atom stereocenters. The van der Waals surface area contributed by atoms with E-state index in [1.807, 2.05) is 0 Å². The Morgan fingerprint density at radius 1 is 1.06 bits per heavy atom. The molecule has 0 radical (unpaired) electrons. The minimum absolute atomic E-state index is 0.00583. The Labute approximate surface area is 190 Å². The first-order valence-electron chi connectivity index (χ1n) is 10.6. The largest absolute Gasteiger partial charge is 0.486 e. The van der Waals surface area contributed by atoms with Crippen LogP contribution in [0.2, 0.25) is 0 Å². The van der Waals surface area contributed by atoms with Crippen molar-refractivity contribution in [2.75, 3.05) is 30.0 Å². The molecular formula is C24H24N2O7. The predicted molar refractivity (Wildman–Crippen MR) is 119 cm³/mol. The van der Waals surface area contributed by atoms with Crippen molar-refractivity contribution in [2.45, 2.75) is 26.4 Å². The number of amides is 2. The Kier molecular flexibility index (Phi) is 6.30. The highest BCUT2D eigenvalue weighted by Gasteiger charge is 2.37. The first kappa shape index (κ1) is 22.3. The van der Waals surface area contributed by atoms with E-state index in [9.17, 15) is 19.2 Å². The van der Waals surface area contributed by atoms with Gasteiger partial charge in [-0.3, -0.25) is 19.2 Å². The molecule has 2 heterocycles. The van der Waals surface area contributed by atoms with Crippen molar-refractivity contribution in [1.82, 2.24) is 0 Å². The van der Waals surface area contributed by atoms with E-state index in [1.54, 1.807) is 42.5 Å². The molecule has 0 aliphatic carbocycles. The maximum atomic E-state index is 12.6. The van der Waals surface area contributed by atoms with Crippen LogP contribution >= 0.6 is 0 Å². The number of hydrogen-bond donors (Lipinski definition) is 1. The van der Waals surface area contributed by atoms with Crippen LogP contribution in [-0.2, 0) is 19.1 Å². The molecule has 1 saturated heterocycles. The zero-order valence-corrected chi connectivity index (χ0v) is 18.3. The smallest absolute Gasteiger partial charge is 0.312 e. The number of benzene rings is 2. The zero-order valence-electron chi connectivity index (χ0n) is 18.3. The molecule has 4 rings (SSSR count). The lowest BCUT2D eigenvalue weighted by Gasteiger charge is -2.22. The summed E-state index contributed by atoms with van der Waals surface area (Å²) in [5, 5.41) is 2.65. The molecule has 0 bridgehead atoms. The fraction of sp³-hybridized carbons (Fsp3) is 0.333. The van der Waals surface area contributed by atoms with Gasteiger partial charge in [0.05, 0.1) is 5.92 Å². The van der Waals surface area contributed by atoms with Gasteiger partial charge < -0.3 is 24.4 Å². The molecule has 0 spiro atoms. The van der Waals surface area contributed by atoms with Crippen LogP contribution in [0.5, 0.6) is 11.5 Å². The molecule has 2 aromatic rings. The van der Waals surface area contributed by atoms with Crippen LogP contribution in [0.3, 0.4) is 0 Å². The van der Waals surface area contributed by atoms with E-state index in [4.69, 9.17) is 14.2 Å². The van der Waals surface area contributed by atoms with Gasteiger partial charge in [0.2, 0.25) is 5.91 Å². The second-order valence-electron chi connectivity index (χ2n) is 7.94. The molecule has 2 aliphatic rings. The highest BCUT2D eigenvalue weighted by atomic mass is 16.6. The minimum atomic E-state index is -1.05. The molecule has 1 fully saturated rings. The van der Waals surface area contributed by atoms with E-state index >= 15 is 0 Å². The Balaban J connectivity index is 1.34. The Hall–Kier alpha value is -3.88. The fourth-order valence-electron chi connectivity index (χ4n) is 3.67. The van der Waals surface area contributed by atoms with Crippen LogP contribution in [0.1, 0.15) is 30.6 Å². The number of rotatable bonds is 6. The standard InChI is InChI=1S/C24H24N2O7/c1-14(27)16-3-5-18(6-4-16)25-23(29)15(2)33-24(30)17-11-22(28)26(13-17)19-7-8-20-21(12-19)32-10-9-31-20/h3-8,12,15,17H,9-11,13H2,1-2H3,(H,25,29)/t15-,17+/m1/s1. The van der Waals surface area contributed by atoms with Gasteiger partial charge in [-0.1, -0.05) is 0 Å². The first-order chi connectivity index (χ1) is 15.8. The van der Waals surface area contributed by atoms with Crippen molar-refractivity contribution >= 4 is 34.9 Å². The zero-order chi connectivity index (χ0) is 23.5. The molecule has 33 heavy (non-hydrogen) atoms. The number of carbonyl (C=O) groups excluding carboxylic acids is 4. The van der Waals surface area contributed by atoms with E-state index in [0.29, 0.717) is 41.7 Å². The van der Waals surface area contributed by atoms with Crippen LogP contribution < -0.4 is 19.7 Å². The van der Waals surface area contributed by atoms with E-state index in [1.165, 1.54) is 18.7 Å². The number of esters is 1. The van der Waals surface area contributed by atoms with E-state index in [-0.39, 0.29) is 24.7 Å². The highest BCUT2D eigenvalue weighted by molar-refractivity contribution is 6.01. The first-order valence-corrected chi connectivity index (χ1v) is 10.6. The second-order valence-corrected chi connectivity index (χ2v) is 7.94. The van der Waals surface area contributed by atoms with E-state index in [2.05, 4.69) is 5.32 Å². The molecule has 0 aromatic heterocycles. The molecule has 2 aliphatic heterocycles. The van der Waals surface area contributed by atoms with Gasteiger partial charge in [0, 0.05) is 36.0 Å². The highest BCUT2D eigenvalue weighted by Crippen LogP contribution is 2.36. The summed E-state index contributed by atoms with van der Waals surface area (Å²) in [6, 6.07) is 11.6. The summed E-state index contributed by atoms with van der Waals surface area (Å²) in [5.74, 6) is -0.925. The van der Waals surface area contributed by atoms with Crippen molar-refractivity contribution in [1.29, 1.82) is 0 Å². The predicted octanol–water partition coefficient (Wildman–Crippen LogP) is 2.58. The van der Waals surface area contributed by atoms with E-state index < -0.39 is 23.9 Å². The Bertz CT molecular complexity index is 1100. The second kappa shape index (κ2) is 9.32. The van der Waals surface area contributed by atoms with Gasteiger partial charge >= 0.3 is 5.97 Å². The average Bonchev–Trinajstić information content (AvgIpc) is 3.20. The normalized spacial score (nSPS) is 17.9. The van der Waals surface area contributed by atoms with Gasteiger partial charge in [0.15, 0.2) is 23.4 Å². The number of fused-ring (bicyclic) bond motifs is 1. The van der Waals surface area contributed by atoms with Crippen LogP contribution in [0, 0.1) is 5.92 Å². The number of anilines is 2. The third kappa shape index (κ3) is 4.97. The third-order valence-corrected chi connectivity index (χ3v) is 5.52. The number of nitrogens with zero attached hydrogens (tertiary/aromatic N) is 1. The minimum Gasteiger partial charge on any atom is -0.486 e. The van der Waals surface area contributed by atoms with Crippen molar-refractivity contribution in [3.8, 4) is 11.5 Å². The van der Waals surface area contributed by atoms with Crippen molar-refractivity contribution in [3.05, 3.63) is 48.0 Å². The molecule has 0 saturated carbocycles. The van der Waals surface area contributed by atoms with Crippen molar-refractivity contribution in [2.24, 2.45) is 5.92 Å². The Morgan fingerprint density at radius 3 is 2.45 bits per heavy atom. The number of ketones is 1. The molecule has 2 atom stereocenters. The van der Waals surface area contributed by atoms with Gasteiger partial charge in [-0.05, 0) is 50.2 Å². The van der Waals surface area contributed by atoms with Crippen molar-refractivity contribution in [3.63, 3.8) is 0 Å². The van der Waals surface area contributed by atoms with Crippen LogP contribution in [0.4, 0.5) is 11.4 Å². The van der Waals surface area contributed by atoms with Gasteiger partial charge in [-0.25, -0.2) is 0 Å². The maximum absolute atomic E-state index is 12.6. The maximum Gasteiger partial charge on any atom is 0.312 e. The molecule has 9 heteroatoms. The molecular weight excluding hydrogens is 428 g/mol. The van der Waals surface area contributed by atoms with Gasteiger partial charge in [0.25, 0.3) is 5.91 Å². The van der Waals surface area contributed by atoms with Crippen LogP contribution in [0.25, 0.3) is 0 Å². The fourth-order valence-corrected chi connectivity index (χ4v) is 3.67. The van der Waals surface area contributed by atoms with Gasteiger partial charge in [-0.15, -0.1) is 0 Å². The van der Waals surface area contributed by atoms with Crippen LogP contribution in [0.15, 0.2) is 42.5 Å². The number of Topliss-reactive ketones (excluding diaryl/α,β-unsaturated/α-hetero) is 1.